The van der Waals surface area contributed by atoms with E-state index in [1.54, 1.807) is 32.9 Å². The summed E-state index contributed by atoms with van der Waals surface area (Å²) in [5, 5.41) is 29.8. The van der Waals surface area contributed by atoms with Crippen LogP contribution in [0.15, 0.2) is 22.7 Å². The summed E-state index contributed by atoms with van der Waals surface area (Å²) < 4.78 is 15.8. The Morgan fingerprint density at radius 3 is 2.03 bits per heavy atom. The molecule has 1 rings (SSSR count). The minimum atomic E-state index is -1.56. The zero-order valence-electron chi connectivity index (χ0n) is 20.3. The molecule has 1 atom stereocenters. The first-order valence-corrected chi connectivity index (χ1v) is 10.9. The Hall–Kier alpha value is -3.81. The summed E-state index contributed by atoms with van der Waals surface area (Å²) in [7, 11) is 3.06. The van der Waals surface area contributed by atoms with E-state index in [1.807, 2.05) is 5.32 Å². The number of rotatable bonds is 10. The number of halogens is 1. The van der Waals surface area contributed by atoms with Crippen molar-refractivity contribution in [2.75, 3.05) is 20.8 Å². The lowest BCUT2D eigenvalue weighted by Crippen LogP contribution is -2.47. The molecule has 0 aliphatic rings. The second kappa shape index (κ2) is 15.2. The van der Waals surface area contributed by atoms with Gasteiger partial charge in [-0.25, -0.2) is 14.4 Å². The number of alkyl carbamates (subject to hydrolysis) is 1. The fourth-order valence-corrected chi connectivity index (χ4v) is 2.70. The monoisotopic (exact) mass is 576 g/mol. The van der Waals surface area contributed by atoms with Crippen LogP contribution < -0.4 is 20.1 Å². The summed E-state index contributed by atoms with van der Waals surface area (Å²) in [6.45, 7) is 4.40. The molecule has 0 saturated carbocycles. The number of methoxy groups -OCH3 is 2. The van der Waals surface area contributed by atoms with Gasteiger partial charge in [-0.15, -0.1) is 0 Å². The van der Waals surface area contributed by atoms with E-state index in [4.69, 9.17) is 29.5 Å². The van der Waals surface area contributed by atoms with Gasteiger partial charge in [0.05, 0.1) is 20.6 Å². The van der Waals surface area contributed by atoms with Crippen molar-refractivity contribution < 1.29 is 53.5 Å². The Morgan fingerprint density at radius 2 is 1.58 bits per heavy atom. The minimum Gasteiger partial charge on any atom is -0.493 e. The fourth-order valence-electron chi connectivity index (χ4n) is 2.25. The van der Waals surface area contributed by atoms with E-state index in [9.17, 15) is 24.0 Å². The third-order valence-electron chi connectivity index (χ3n) is 3.71. The smallest absolute Gasteiger partial charge is 0.408 e. The summed E-state index contributed by atoms with van der Waals surface area (Å²) in [5.74, 6) is -3.53. The molecule has 1 aromatic rings. The van der Waals surface area contributed by atoms with Crippen molar-refractivity contribution in [3.63, 3.8) is 0 Å². The molecule has 2 amide bonds. The zero-order chi connectivity index (χ0) is 28.1. The molecule has 36 heavy (non-hydrogen) atoms. The number of nitrogens with one attached hydrogen (secondary N) is 2. The van der Waals surface area contributed by atoms with Crippen LogP contribution in [0.4, 0.5) is 4.79 Å². The number of carboxylic acid groups (broad SMARTS) is 3. The second-order valence-electron chi connectivity index (χ2n) is 7.81. The van der Waals surface area contributed by atoms with Gasteiger partial charge in [0.1, 0.15) is 18.2 Å². The van der Waals surface area contributed by atoms with Gasteiger partial charge >= 0.3 is 24.0 Å². The minimum absolute atomic E-state index is 0.516. The van der Waals surface area contributed by atoms with E-state index in [2.05, 4.69) is 21.2 Å². The number of hydrogen-bond donors (Lipinski definition) is 5. The predicted molar refractivity (Wildman–Crippen MR) is 130 cm³/mol. The van der Waals surface area contributed by atoms with Gasteiger partial charge in [0.25, 0.3) is 0 Å². The van der Waals surface area contributed by atoms with E-state index in [0.717, 1.165) is 10.5 Å². The first-order valence-electron chi connectivity index (χ1n) is 10.1. The van der Waals surface area contributed by atoms with Gasteiger partial charge in [-0.2, -0.15) is 0 Å². The van der Waals surface area contributed by atoms with E-state index in [-0.39, 0.29) is 0 Å². The van der Waals surface area contributed by atoms with Gasteiger partial charge in [0.15, 0.2) is 11.5 Å². The highest BCUT2D eigenvalue weighted by Crippen LogP contribution is 2.33. The molecule has 0 heterocycles. The molecule has 5 N–H and O–H groups in total. The number of carbonyl (C=O) groups is 5. The Labute approximate surface area is 215 Å². The lowest BCUT2D eigenvalue weighted by Gasteiger charge is -2.19. The Bertz CT molecular complexity index is 987. The molecule has 0 bridgehead atoms. The van der Waals surface area contributed by atoms with Gasteiger partial charge in [0, 0.05) is 10.5 Å². The molecular formula is C22H29BrN2O11. The van der Waals surface area contributed by atoms with Crippen molar-refractivity contribution in [3.05, 3.63) is 28.2 Å². The maximum Gasteiger partial charge on any atom is 0.408 e. The van der Waals surface area contributed by atoms with Crippen LogP contribution >= 0.6 is 15.9 Å². The Balaban J connectivity index is 0.000000696. The van der Waals surface area contributed by atoms with Crippen molar-refractivity contribution in [1.82, 2.24) is 10.6 Å². The Morgan fingerprint density at radius 1 is 1.03 bits per heavy atom. The Kier molecular flexibility index (Phi) is 13.6. The number of carbonyl (C=O) groups excluding carboxylic acids is 2. The molecule has 1 aromatic carbocycles. The third kappa shape index (κ3) is 13.8. The lowest BCUT2D eigenvalue weighted by atomic mass is 10.2. The van der Waals surface area contributed by atoms with Gasteiger partial charge in [0.2, 0.25) is 5.91 Å². The number of benzene rings is 1. The number of hydrogen-bond acceptors (Lipinski definition) is 8. The SMILES string of the molecule is CC(C)(C)OC(=O)NCC(=O)N[C@@H](CC(=O)O)C(=O)O.COc1cc(Br)c(C=CC(=O)O)cc1OC. The number of amides is 2. The molecule has 200 valence electrons. The predicted octanol–water partition coefficient (Wildman–Crippen LogP) is 2.12. The summed E-state index contributed by atoms with van der Waals surface area (Å²) in [4.78, 5) is 54.1. The summed E-state index contributed by atoms with van der Waals surface area (Å²) in [6, 6.07) is 1.86. The number of ether oxygens (including phenoxy) is 3. The molecule has 0 radical (unpaired) electrons. The van der Waals surface area contributed by atoms with Crippen LogP contribution in [0.5, 0.6) is 11.5 Å². The van der Waals surface area contributed by atoms with E-state index < -0.39 is 54.5 Å². The molecule has 0 fully saturated rings. The summed E-state index contributed by atoms with van der Waals surface area (Å²) in [6.07, 6.45) is 0.950. The highest BCUT2D eigenvalue weighted by molar-refractivity contribution is 9.10. The average Bonchev–Trinajstić information content (AvgIpc) is 2.75. The largest absolute Gasteiger partial charge is 0.493 e. The molecule has 0 aliphatic heterocycles. The van der Waals surface area contributed by atoms with E-state index >= 15 is 0 Å². The topological polar surface area (TPSA) is 198 Å². The van der Waals surface area contributed by atoms with Crippen LogP contribution in [0.1, 0.15) is 32.8 Å². The van der Waals surface area contributed by atoms with Crippen molar-refractivity contribution in [2.24, 2.45) is 0 Å². The fraction of sp³-hybridized carbons (Fsp3) is 0.409. The standard InChI is InChI=1S/C11H11BrO4.C11H18N2O7/c1-15-9-5-7(3-4-11(13)14)8(12)6-10(9)16-2;1-11(2,3)20-10(19)12-5-7(14)13-6(9(17)18)4-8(15)16/h3-6H,1-2H3,(H,13,14);6H,4-5H2,1-3H3,(H,12,19)(H,13,14)(H,15,16)(H,17,18)/t;6-/m.0/s1. The van der Waals surface area contributed by atoms with Crippen molar-refractivity contribution in [1.29, 1.82) is 0 Å². The first-order chi connectivity index (χ1) is 16.6. The van der Waals surface area contributed by atoms with Crippen molar-refractivity contribution in [3.8, 4) is 11.5 Å². The molecule has 14 heteroatoms. The lowest BCUT2D eigenvalue weighted by molar-refractivity contribution is -0.147. The average molecular weight is 577 g/mol. The molecular weight excluding hydrogens is 548 g/mol. The van der Waals surface area contributed by atoms with Crippen LogP contribution in [0.3, 0.4) is 0 Å². The van der Waals surface area contributed by atoms with Crippen molar-refractivity contribution >= 4 is 51.9 Å². The third-order valence-corrected chi connectivity index (χ3v) is 4.40. The molecule has 13 nitrogen and oxygen atoms in total. The highest BCUT2D eigenvalue weighted by Gasteiger charge is 2.23. The van der Waals surface area contributed by atoms with E-state index in [0.29, 0.717) is 17.1 Å². The second-order valence-corrected chi connectivity index (χ2v) is 8.67. The summed E-state index contributed by atoms with van der Waals surface area (Å²) >= 11 is 3.32. The molecule has 0 saturated heterocycles. The van der Waals surface area contributed by atoms with Gasteiger partial charge in [-0.05, 0) is 44.5 Å². The van der Waals surface area contributed by atoms with Crippen LogP contribution in [0, 0.1) is 0 Å². The first kappa shape index (κ1) is 32.2. The van der Waals surface area contributed by atoms with Crippen LogP contribution in [0.2, 0.25) is 0 Å². The molecule has 0 aliphatic carbocycles. The summed E-state index contributed by atoms with van der Waals surface area (Å²) in [5.41, 5.74) is -0.0203. The van der Waals surface area contributed by atoms with Crippen LogP contribution in [-0.4, -0.2) is 77.6 Å². The molecule has 0 aromatic heterocycles. The zero-order valence-corrected chi connectivity index (χ0v) is 21.9. The van der Waals surface area contributed by atoms with Gasteiger partial charge in [-0.1, -0.05) is 15.9 Å². The molecule has 0 unspecified atom stereocenters. The van der Waals surface area contributed by atoms with Gasteiger partial charge in [-0.3, -0.25) is 9.59 Å². The molecule has 0 spiro atoms. The maximum absolute atomic E-state index is 11.4. The van der Waals surface area contributed by atoms with Crippen LogP contribution in [0.25, 0.3) is 6.08 Å². The quantitative estimate of drug-likeness (QED) is 0.255. The normalized spacial score (nSPS) is 11.4. The number of aliphatic carboxylic acids is 3. The number of carboxylic acids is 3. The van der Waals surface area contributed by atoms with E-state index in [1.165, 1.54) is 20.3 Å². The maximum atomic E-state index is 11.4. The highest BCUT2D eigenvalue weighted by atomic mass is 79.9. The van der Waals surface area contributed by atoms with Crippen LogP contribution in [-0.2, 0) is 23.9 Å². The van der Waals surface area contributed by atoms with Gasteiger partial charge < -0.3 is 40.2 Å². The van der Waals surface area contributed by atoms with Crippen molar-refractivity contribution in [2.45, 2.75) is 38.8 Å².